The zero-order valence-electron chi connectivity index (χ0n) is 13.9. The number of Topliss-reactive ketones (excluding diaryl/α,β-unsaturated/α-hetero) is 1. The van der Waals surface area contributed by atoms with E-state index in [9.17, 15) is 14.7 Å². The number of nitrogens with zero attached hydrogens (tertiary/aromatic N) is 2. The van der Waals surface area contributed by atoms with Crippen LogP contribution in [0.1, 0.15) is 46.8 Å². The first-order valence-electron chi connectivity index (χ1n) is 8.47. The smallest absolute Gasteiger partial charge is 0.331 e. The summed E-state index contributed by atoms with van der Waals surface area (Å²) in [7, 11) is 0. The molecule has 2 aliphatic rings. The minimum absolute atomic E-state index is 0.0905. The molecule has 6 nitrogen and oxygen atoms in total. The van der Waals surface area contributed by atoms with E-state index >= 15 is 0 Å². The highest BCUT2D eigenvalue weighted by atomic mass is 32.1. The molecule has 0 bridgehead atoms. The number of carbonyl (C=O) groups excluding carboxylic acids is 1. The number of aliphatic carboxylic acids is 1. The average Bonchev–Trinajstić information content (AvgIpc) is 3.29. The van der Waals surface area contributed by atoms with Gasteiger partial charge >= 0.3 is 5.97 Å². The van der Waals surface area contributed by atoms with Gasteiger partial charge in [-0.15, -0.1) is 11.3 Å². The number of carboxylic acids is 1. The lowest BCUT2D eigenvalue weighted by atomic mass is 10.0. The van der Waals surface area contributed by atoms with Crippen molar-refractivity contribution < 1.29 is 19.2 Å². The molecule has 0 aromatic carbocycles. The van der Waals surface area contributed by atoms with E-state index in [0.29, 0.717) is 30.1 Å². The summed E-state index contributed by atoms with van der Waals surface area (Å²) in [6.07, 6.45) is 5.05. The van der Waals surface area contributed by atoms with Gasteiger partial charge in [-0.3, -0.25) is 4.79 Å². The number of allylic oxidation sites excluding steroid dienone is 1. The molecule has 1 N–H and O–H groups in total. The highest BCUT2D eigenvalue weighted by molar-refractivity contribution is 7.12. The van der Waals surface area contributed by atoms with Crippen molar-refractivity contribution in [1.29, 1.82) is 0 Å². The molecule has 25 heavy (non-hydrogen) atoms. The second-order valence-corrected chi connectivity index (χ2v) is 7.71. The fraction of sp³-hybridized carbons (Fsp3) is 0.444. The SMILES string of the molecule is Cc1noc(-c2c(CC(=O)C3=C(C(=O)O)CCC3)sc3c2CCC3)n1. The van der Waals surface area contributed by atoms with Gasteiger partial charge < -0.3 is 9.63 Å². The van der Waals surface area contributed by atoms with Crippen molar-refractivity contribution in [2.75, 3.05) is 0 Å². The Bertz CT molecular complexity index is 906. The first-order valence-corrected chi connectivity index (χ1v) is 9.29. The minimum Gasteiger partial charge on any atom is -0.478 e. The Morgan fingerprint density at radius 2 is 1.92 bits per heavy atom. The molecule has 0 fully saturated rings. The van der Waals surface area contributed by atoms with Crippen LogP contribution in [0.3, 0.4) is 0 Å². The standard InChI is InChI=1S/C18H18N2O4S/c1-9-19-17(24-20-9)16-12-6-3-7-14(12)25-15(16)8-13(21)10-4-2-5-11(10)18(22)23/h2-8H2,1H3,(H,22,23). The van der Waals surface area contributed by atoms with Crippen molar-refractivity contribution in [3.63, 3.8) is 0 Å². The number of carboxylic acid groups (broad SMARTS) is 1. The highest BCUT2D eigenvalue weighted by Crippen LogP contribution is 2.42. The van der Waals surface area contributed by atoms with Gasteiger partial charge in [0.2, 0.25) is 0 Å². The second-order valence-electron chi connectivity index (χ2n) is 6.52. The molecule has 0 atom stereocenters. The summed E-state index contributed by atoms with van der Waals surface area (Å²) in [5, 5.41) is 13.2. The van der Waals surface area contributed by atoms with E-state index in [-0.39, 0.29) is 17.8 Å². The average molecular weight is 358 g/mol. The van der Waals surface area contributed by atoms with E-state index in [1.807, 2.05) is 0 Å². The van der Waals surface area contributed by atoms with Crippen molar-refractivity contribution in [2.24, 2.45) is 0 Å². The van der Waals surface area contributed by atoms with E-state index in [1.165, 1.54) is 10.4 Å². The van der Waals surface area contributed by atoms with Crippen LogP contribution in [0.4, 0.5) is 0 Å². The van der Waals surface area contributed by atoms with Gasteiger partial charge in [-0.25, -0.2) is 4.79 Å². The molecule has 130 valence electrons. The normalized spacial score (nSPS) is 16.5. The van der Waals surface area contributed by atoms with Crippen LogP contribution in [0.25, 0.3) is 11.5 Å². The van der Waals surface area contributed by atoms with E-state index < -0.39 is 5.97 Å². The Balaban J connectivity index is 1.71. The molecule has 0 radical (unpaired) electrons. The molecule has 0 saturated heterocycles. The Morgan fingerprint density at radius 3 is 2.64 bits per heavy atom. The molecule has 0 aliphatic heterocycles. The minimum atomic E-state index is -0.970. The first kappa shape index (κ1) is 16.2. The zero-order chi connectivity index (χ0) is 17.6. The van der Waals surface area contributed by atoms with Crippen LogP contribution in [0.15, 0.2) is 15.7 Å². The second kappa shape index (κ2) is 6.22. The summed E-state index contributed by atoms with van der Waals surface area (Å²) in [6, 6.07) is 0. The highest BCUT2D eigenvalue weighted by Gasteiger charge is 2.30. The molecule has 4 rings (SSSR count). The number of hydrogen-bond donors (Lipinski definition) is 1. The molecule has 7 heteroatoms. The van der Waals surface area contributed by atoms with Crippen molar-refractivity contribution in [3.05, 3.63) is 32.3 Å². The van der Waals surface area contributed by atoms with Crippen LogP contribution in [-0.2, 0) is 28.9 Å². The van der Waals surface area contributed by atoms with E-state index in [0.717, 1.165) is 36.1 Å². The van der Waals surface area contributed by atoms with Crippen molar-refractivity contribution in [3.8, 4) is 11.5 Å². The Kier molecular flexibility index (Phi) is 4.03. The number of carbonyl (C=O) groups is 2. The van der Waals surface area contributed by atoms with Gasteiger partial charge in [0.25, 0.3) is 5.89 Å². The number of rotatable bonds is 5. The molecule has 0 spiro atoms. The Hall–Kier alpha value is -2.28. The number of ketones is 1. The molecule has 2 heterocycles. The van der Waals surface area contributed by atoms with Crippen LogP contribution >= 0.6 is 11.3 Å². The third kappa shape index (κ3) is 2.82. The number of thiophene rings is 1. The van der Waals surface area contributed by atoms with Crippen molar-refractivity contribution in [2.45, 2.75) is 51.9 Å². The maximum Gasteiger partial charge on any atom is 0.331 e. The molecule has 2 aliphatic carbocycles. The van der Waals surface area contributed by atoms with Gasteiger partial charge in [0.1, 0.15) is 0 Å². The third-order valence-corrected chi connectivity index (χ3v) is 6.16. The zero-order valence-corrected chi connectivity index (χ0v) is 14.7. The van der Waals surface area contributed by atoms with Crippen molar-refractivity contribution in [1.82, 2.24) is 10.1 Å². The van der Waals surface area contributed by atoms with Gasteiger partial charge in [-0.1, -0.05) is 5.16 Å². The lowest BCUT2D eigenvalue weighted by Gasteiger charge is -2.05. The third-order valence-electron chi connectivity index (χ3n) is 4.87. The maximum atomic E-state index is 12.8. The Labute approximate surface area is 148 Å². The Morgan fingerprint density at radius 1 is 1.16 bits per heavy atom. The molecule has 2 aromatic rings. The fourth-order valence-corrected chi connectivity index (χ4v) is 5.16. The van der Waals surface area contributed by atoms with Gasteiger partial charge in [0.15, 0.2) is 11.6 Å². The predicted octanol–water partition coefficient (Wildman–Crippen LogP) is 3.27. The number of aromatic nitrogens is 2. The van der Waals surface area contributed by atoms with Gasteiger partial charge in [0, 0.05) is 27.3 Å². The van der Waals surface area contributed by atoms with E-state index in [2.05, 4.69) is 10.1 Å². The largest absolute Gasteiger partial charge is 0.478 e. The van der Waals surface area contributed by atoms with Gasteiger partial charge in [-0.2, -0.15) is 4.98 Å². The number of fused-ring (bicyclic) bond motifs is 1. The number of hydrogen-bond acceptors (Lipinski definition) is 6. The van der Waals surface area contributed by atoms with Crippen LogP contribution in [0, 0.1) is 6.92 Å². The lowest BCUT2D eigenvalue weighted by Crippen LogP contribution is -2.10. The van der Waals surface area contributed by atoms with E-state index in [4.69, 9.17) is 4.52 Å². The van der Waals surface area contributed by atoms with Gasteiger partial charge in [0.05, 0.1) is 5.56 Å². The monoisotopic (exact) mass is 358 g/mol. The summed E-state index contributed by atoms with van der Waals surface area (Å²) in [5.74, 6) is -0.0231. The summed E-state index contributed by atoms with van der Waals surface area (Å²) in [4.78, 5) is 30.7. The molecular formula is C18H18N2O4S. The summed E-state index contributed by atoms with van der Waals surface area (Å²) < 4.78 is 5.37. The van der Waals surface area contributed by atoms with Gasteiger partial charge in [-0.05, 0) is 51.0 Å². The van der Waals surface area contributed by atoms with Crippen LogP contribution < -0.4 is 0 Å². The number of aryl methyl sites for hydroxylation is 2. The molecule has 0 unspecified atom stereocenters. The fourth-order valence-electron chi connectivity index (χ4n) is 3.77. The molecule has 0 saturated carbocycles. The summed E-state index contributed by atoms with van der Waals surface area (Å²) in [5.41, 5.74) is 2.88. The topological polar surface area (TPSA) is 93.3 Å². The molecule has 0 amide bonds. The first-order chi connectivity index (χ1) is 12.0. The summed E-state index contributed by atoms with van der Waals surface area (Å²) in [6.45, 7) is 1.77. The van der Waals surface area contributed by atoms with Crippen molar-refractivity contribution >= 4 is 23.1 Å². The maximum absolute atomic E-state index is 12.8. The predicted molar refractivity (Wildman–Crippen MR) is 91.6 cm³/mol. The van der Waals surface area contributed by atoms with Crippen LogP contribution in [-0.4, -0.2) is 27.0 Å². The quantitative estimate of drug-likeness (QED) is 0.882. The van der Waals surface area contributed by atoms with E-state index in [1.54, 1.807) is 18.3 Å². The summed E-state index contributed by atoms with van der Waals surface area (Å²) >= 11 is 1.63. The van der Waals surface area contributed by atoms with Crippen LogP contribution in [0.5, 0.6) is 0 Å². The van der Waals surface area contributed by atoms with Crippen LogP contribution in [0.2, 0.25) is 0 Å². The molecular weight excluding hydrogens is 340 g/mol. The lowest BCUT2D eigenvalue weighted by molar-refractivity contribution is -0.133. The molecule has 2 aromatic heterocycles.